The summed E-state index contributed by atoms with van der Waals surface area (Å²) in [4.78, 5) is 19.1. The van der Waals surface area contributed by atoms with Crippen LogP contribution in [0.3, 0.4) is 0 Å². The molecule has 0 aromatic carbocycles. The van der Waals surface area contributed by atoms with E-state index in [1.807, 2.05) is 32.5 Å². The molecule has 0 spiro atoms. The van der Waals surface area contributed by atoms with Gasteiger partial charge in [0.05, 0.1) is 49.6 Å². The second-order valence-electron chi connectivity index (χ2n) is 6.88. The third-order valence-corrected chi connectivity index (χ3v) is 4.77. The lowest BCUT2D eigenvalue weighted by atomic mass is 9.99. The molecule has 1 aliphatic heterocycles. The molecule has 0 aliphatic carbocycles. The maximum Gasteiger partial charge on any atom is 0.272 e. The van der Waals surface area contributed by atoms with Crippen LogP contribution in [0.4, 0.5) is 0 Å². The largest absolute Gasteiger partial charge is 0.383 e. The van der Waals surface area contributed by atoms with Crippen molar-refractivity contribution in [3.05, 3.63) is 35.2 Å². The number of imidazole rings is 1. The lowest BCUT2D eigenvalue weighted by molar-refractivity contribution is -0.00720. The average Bonchev–Trinajstić information content (AvgIpc) is 3.16. The van der Waals surface area contributed by atoms with Crippen LogP contribution in [-0.2, 0) is 36.0 Å². The van der Waals surface area contributed by atoms with Crippen LogP contribution < -0.4 is 0 Å². The van der Waals surface area contributed by atoms with E-state index < -0.39 is 0 Å². The standard InChI is InChI=1S/C18H27N5O3/c1-12-8-15-16(13(2)26-12)20-23(6-7-25-5)17(15)18(24)21(3)10-14-9-19-11-22(14)4/h9,11-13H,6-8,10H2,1-5H3/t12-,13+/m0/s1. The predicted molar refractivity (Wildman–Crippen MR) is 95.8 cm³/mol. The van der Waals surface area contributed by atoms with Crippen molar-refractivity contribution in [1.29, 1.82) is 0 Å². The first-order chi connectivity index (χ1) is 12.4. The topological polar surface area (TPSA) is 74.4 Å². The van der Waals surface area contributed by atoms with Gasteiger partial charge < -0.3 is 18.9 Å². The molecule has 0 unspecified atom stereocenters. The summed E-state index contributed by atoms with van der Waals surface area (Å²) >= 11 is 0. The molecule has 0 saturated carbocycles. The molecule has 8 heteroatoms. The molecule has 142 valence electrons. The van der Waals surface area contributed by atoms with E-state index in [0.29, 0.717) is 31.8 Å². The van der Waals surface area contributed by atoms with Crippen LogP contribution in [0.2, 0.25) is 0 Å². The highest BCUT2D eigenvalue weighted by atomic mass is 16.5. The lowest BCUT2D eigenvalue weighted by Crippen LogP contribution is -2.31. The minimum absolute atomic E-state index is 0.0441. The van der Waals surface area contributed by atoms with E-state index in [2.05, 4.69) is 10.1 Å². The zero-order valence-corrected chi connectivity index (χ0v) is 16.1. The molecule has 2 aromatic heterocycles. The van der Waals surface area contributed by atoms with E-state index in [0.717, 1.165) is 17.0 Å². The SMILES string of the molecule is COCCn1nc2c(c1C(=O)N(C)Cc1cncn1C)C[C@H](C)O[C@@H]2C. The van der Waals surface area contributed by atoms with E-state index >= 15 is 0 Å². The minimum Gasteiger partial charge on any atom is -0.383 e. The van der Waals surface area contributed by atoms with Crippen LogP contribution in [0.15, 0.2) is 12.5 Å². The van der Waals surface area contributed by atoms with Gasteiger partial charge in [-0.3, -0.25) is 9.48 Å². The average molecular weight is 361 g/mol. The normalized spacial score (nSPS) is 19.4. The first-order valence-corrected chi connectivity index (χ1v) is 8.87. The van der Waals surface area contributed by atoms with Crippen LogP contribution >= 0.6 is 0 Å². The van der Waals surface area contributed by atoms with Crippen molar-refractivity contribution >= 4 is 5.91 Å². The Balaban J connectivity index is 1.93. The van der Waals surface area contributed by atoms with Gasteiger partial charge in [-0.1, -0.05) is 0 Å². The maximum atomic E-state index is 13.3. The van der Waals surface area contributed by atoms with Crippen molar-refractivity contribution in [2.75, 3.05) is 20.8 Å². The Hall–Kier alpha value is -2.19. The number of nitrogens with zero attached hydrogens (tertiary/aromatic N) is 5. The summed E-state index contributed by atoms with van der Waals surface area (Å²) in [5.41, 5.74) is 3.47. The monoisotopic (exact) mass is 361 g/mol. The van der Waals surface area contributed by atoms with Gasteiger partial charge in [-0.05, 0) is 13.8 Å². The number of methoxy groups -OCH3 is 1. The number of carbonyl (C=O) groups is 1. The molecular weight excluding hydrogens is 334 g/mol. The number of ether oxygens (including phenoxy) is 2. The summed E-state index contributed by atoms with van der Waals surface area (Å²) in [6.45, 7) is 5.53. The molecular formula is C18H27N5O3. The Morgan fingerprint density at radius 1 is 1.46 bits per heavy atom. The van der Waals surface area contributed by atoms with Crippen LogP contribution in [-0.4, -0.2) is 57.0 Å². The van der Waals surface area contributed by atoms with Crippen molar-refractivity contribution in [3.63, 3.8) is 0 Å². The van der Waals surface area contributed by atoms with Gasteiger partial charge >= 0.3 is 0 Å². The molecule has 0 N–H and O–H groups in total. The molecule has 2 aromatic rings. The Kier molecular flexibility index (Phi) is 5.43. The third kappa shape index (κ3) is 3.52. The van der Waals surface area contributed by atoms with Crippen molar-refractivity contribution in [3.8, 4) is 0 Å². The fourth-order valence-electron chi connectivity index (χ4n) is 3.41. The van der Waals surface area contributed by atoms with Crippen LogP contribution in [0.25, 0.3) is 0 Å². The molecule has 1 aliphatic rings. The van der Waals surface area contributed by atoms with Crippen molar-refractivity contribution in [2.24, 2.45) is 7.05 Å². The van der Waals surface area contributed by atoms with Crippen molar-refractivity contribution in [2.45, 2.75) is 45.6 Å². The van der Waals surface area contributed by atoms with Gasteiger partial charge in [0.1, 0.15) is 5.69 Å². The molecule has 3 rings (SSSR count). The van der Waals surface area contributed by atoms with Crippen molar-refractivity contribution < 1.29 is 14.3 Å². The predicted octanol–water partition coefficient (Wildman–Crippen LogP) is 1.56. The Morgan fingerprint density at radius 3 is 2.88 bits per heavy atom. The number of aryl methyl sites for hydroxylation is 1. The van der Waals surface area contributed by atoms with Gasteiger partial charge in [0.25, 0.3) is 5.91 Å². The summed E-state index contributed by atoms with van der Waals surface area (Å²) in [6.07, 6.45) is 4.14. The van der Waals surface area contributed by atoms with Crippen molar-refractivity contribution in [1.82, 2.24) is 24.2 Å². The molecule has 3 heterocycles. The Morgan fingerprint density at radius 2 is 2.23 bits per heavy atom. The summed E-state index contributed by atoms with van der Waals surface area (Å²) in [5, 5.41) is 4.67. The highest BCUT2D eigenvalue weighted by Crippen LogP contribution is 2.32. The minimum atomic E-state index is -0.119. The van der Waals surface area contributed by atoms with Crippen LogP contribution in [0.1, 0.15) is 47.4 Å². The number of hydrogen-bond donors (Lipinski definition) is 0. The van der Waals surface area contributed by atoms with Gasteiger partial charge in [-0.2, -0.15) is 5.10 Å². The van der Waals surface area contributed by atoms with Crippen LogP contribution in [0.5, 0.6) is 0 Å². The zero-order valence-electron chi connectivity index (χ0n) is 16.1. The highest BCUT2D eigenvalue weighted by molar-refractivity contribution is 5.94. The summed E-state index contributed by atoms with van der Waals surface area (Å²) in [6, 6.07) is 0. The number of amides is 1. The summed E-state index contributed by atoms with van der Waals surface area (Å²) in [5.74, 6) is -0.0441. The number of rotatable bonds is 6. The molecule has 0 saturated heterocycles. The second-order valence-corrected chi connectivity index (χ2v) is 6.88. The number of aromatic nitrogens is 4. The maximum absolute atomic E-state index is 13.3. The lowest BCUT2D eigenvalue weighted by Gasteiger charge is -2.25. The number of hydrogen-bond acceptors (Lipinski definition) is 5. The third-order valence-electron chi connectivity index (χ3n) is 4.77. The zero-order chi connectivity index (χ0) is 18.8. The summed E-state index contributed by atoms with van der Waals surface area (Å²) < 4.78 is 14.8. The quantitative estimate of drug-likeness (QED) is 0.781. The summed E-state index contributed by atoms with van der Waals surface area (Å²) in [7, 11) is 5.38. The van der Waals surface area contributed by atoms with Gasteiger partial charge in [0.15, 0.2) is 0 Å². The molecule has 0 radical (unpaired) electrons. The second kappa shape index (κ2) is 7.59. The first-order valence-electron chi connectivity index (χ1n) is 8.87. The fraction of sp³-hybridized carbons (Fsp3) is 0.611. The van der Waals surface area contributed by atoms with Gasteiger partial charge in [0, 0.05) is 39.4 Å². The van der Waals surface area contributed by atoms with E-state index in [4.69, 9.17) is 9.47 Å². The molecule has 26 heavy (non-hydrogen) atoms. The van der Waals surface area contributed by atoms with E-state index in [1.54, 1.807) is 29.2 Å². The highest BCUT2D eigenvalue weighted by Gasteiger charge is 2.33. The van der Waals surface area contributed by atoms with Crippen LogP contribution in [0, 0.1) is 0 Å². The smallest absolute Gasteiger partial charge is 0.272 e. The number of fused-ring (bicyclic) bond motifs is 1. The van der Waals surface area contributed by atoms with Gasteiger partial charge in [-0.15, -0.1) is 0 Å². The Labute approximate surface area is 153 Å². The van der Waals surface area contributed by atoms with E-state index in [9.17, 15) is 4.79 Å². The van der Waals surface area contributed by atoms with E-state index in [1.165, 1.54) is 0 Å². The molecule has 2 atom stereocenters. The van der Waals surface area contributed by atoms with E-state index in [-0.39, 0.29) is 18.1 Å². The molecule has 0 fully saturated rings. The molecule has 8 nitrogen and oxygen atoms in total. The van der Waals surface area contributed by atoms with Gasteiger partial charge in [-0.25, -0.2) is 4.98 Å². The fourth-order valence-corrected chi connectivity index (χ4v) is 3.41. The molecule has 1 amide bonds. The van der Waals surface area contributed by atoms with Gasteiger partial charge in [0.2, 0.25) is 0 Å². The first kappa shape index (κ1) is 18.6. The number of carbonyl (C=O) groups excluding carboxylic acids is 1. The molecule has 0 bridgehead atoms. The Bertz CT molecular complexity index is 782.